The number of oxazole rings is 1. The van der Waals surface area contributed by atoms with Crippen LogP contribution >= 0.6 is 11.6 Å². The van der Waals surface area contributed by atoms with Gasteiger partial charge in [-0.2, -0.15) is 5.10 Å². The highest BCUT2D eigenvalue weighted by Crippen LogP contribution is 2.46. The van der Waals surface area contributed by atoms with E-state index < -0.39 is 35.4 Å². The van der Waals surface area contributed by atoms with Crippen LogP contribution in [0.2, 0.25) is 5.15 Å². The third-order valence-corrected chi connectivity index (χ3v) is 6.39. The van der Waals surface area contributed by atoms with Gasteiger partial charge in [-0.05, 0) is 31.0 Å². The molecule has 0 spiro atoms. The summed E-state index contributed by atoms with van der Waals surface area (Å²) < 4.78 is 34.5. The number of nitrogens with zero attached hydrogens (tertiary/aromatic N) is 5. The van der Waals surface area contributed by atoms with E-state index in [0.717, 1.165) is 5.69 Å². The van der Waals surface area contributed by atoms with Gasteiger partial charge >= 0.3 is 0 Å². The van der Waals surface area contributed by atoms with E-state index in [0.29, 0.717) is 41.3 Å². The molecule has 33 heavy (non-hydrogen) atoms. The molecule has 1 aliphatic heterocycles. The Kier molecular flexibility index (Phi) is 4.36. The number of H-pyrrole nitrogens is 1. The average Bonchev–Trinajstić information content (AvgIpc) is 3.24. The number of aromatic amines is 1. The minimum absolute atomic E-state index is 0.212. The molecule has 6 rings (SSSR count). The van der Waals surface area contributed by atoms with E-state index in [-0.39, 0.29) is 12.4 Å². The Hall–Kier alpha value is -3.31. The number of aromatic nitrogens is 5. The number of halogens is 3. The van der Waals surface area contributed by atoms with Crippen LogP contribution in [0.1, 0.15) is 64.5 Å². The summed E-state index contributed by atoms with van der Waals surface area (Å²) in [5.41, 5.74) is 0.402. The fraction of sp³-hybridized carbons (Fsp3) is 0.333. The predicted octanol–water partition coefficient (Wildman–Crippen LogP) is 3.41. The normalized spacial score (nSPS) is 19.3. The van der Waals surface area contributed by atoms with E-state index in [1.807, 2.05) is 6.07 Å². The van der Waals surface area contributed by atoms with Crippen molar-refractivity contribution in [1.82, 2.24) is 29.5 Å². The molecule has 0 bridgehead atoms. The molecule has 1 saturated carbocycles. The van der Waals surface area contributed by atoms with Gasteiger partial charge in [0.05, 0.1) is 23.2 Å². The maximum Gasteiger partial charge on any atom is 0.292 e. The monoisotopic (exact) mass is 474 g/mol. The second kappa shape index (κ2) is 7.09. The molecule has 4 aromatic rings. The van der Waals surface area contributed by atoms with Gasteiger partial charge in [-0.15, -0.1) is 0 Å². The first-order valence-electron chi connectivity index (χ1n) is 10.3. The topological polar surface area (TPSA) is 113 Å². The van der Waals surface area contributed by atoms with E-state index in [2.05, 4.69) is 20.1 Å². The second-order valence-electron chi connectivity index (χ2n) is 8.24. The zero-order valence-corrected chi connectivity index (χ0v) is 17.8. The first-order chi connectivity index (χ1) is 15.9. The Morgan fingerprint density at radius 1 is 1.36 bits per heavy atom. The summed E-state index contributed by atoms with van der Waals surface area (Å²) in [5.74, 6) is -1.60. The van der Waals surface area contributed by atoms with Crippen LogP contribution in [0.4, 0.5) is 8.78 Å². The highest BCUT2D eigenvalue weighted by Gasteiger charge is 2.49. The number of fused-ring (bicyclic) bond motifs is 2. The fourth-order valence-electron chi connectivity index (χ4n) is 4.22. The average molecular weight is 475 g/mol. The Labute approximate surface area is 190 Å². The molecule has 4 aromatic heterocycles. The summed E-state index contributed by atoms with van der Waals surface area (Å²) in [6.07, 6.45) is -0.389. The van der Waals surface area contributed by atoms with E-state index in [1.165, 1.54) is 15.7 Å². The molecule has 1 amide bonds. The van der Waals surface area contributed by atoms with E-state index >= 15 is 0 Å². The summed E-state index contributed by atoms with van der Waals surface area (Å²) in [6, 6.07) is 6.29. The van der Waals surface area contributed by atoms with Gasteiger partial charge in [0.2, 0.25) is 11.7 Å². The van der Waals surface area contributed by atoms with Crippen LogP contribution in [-0.4, -0.2) is 47.0 Å². The molecule has 0 aromatic carbocycles. The molecule has 0 unspecified atom stereocenters. The van der Waals surface area contributed by atoms with Crippen molar-refractivity contribution < 1.29 is 23.1 Å². The molecule has 0 saturated heterocycles. The van der Waals surface area contributed by atoms with Crippen LogP contribution in [0.3, 0.4) is 0 Å². The molecule has 170 valence electrons. The largest absolute Gasteiger partial charge is 0.432 e. The summed E-state index contributed by atoms with van der Waals surface area (Å²) in [6.45, 7) is 0.212. The fourth-order valence-corrected chi connectivity index (χ4v) is 4.43. The summed E-state index contributed by atoms with van der Waals surface area (Å²) in [5, 5.41) is 15.2. The first kappa shape index (κ1) is 20.3. The number of hydrogen-bond donors (Lipinski definition) is 2. The van der Waals surface area contributed by atoms with Crippen LogP contribution in [-0.2, 0) is 12.0 Å². The SMILES string of the molecule is O=C(c1oc(C2(O)CC2)nc1C(F)F)N1CCc2[nH]cnc2[C@@H]1c1cc2cccc(Cl)n2n1. The van der Waals surface area contributed by atoms with Crippen LogP contribution in [0, 0.1) is 0 Å². The van der Waals surface area contributed by atoms with Crippen molar-refractivity contribution in [3.05, 3.63) is 70.2 Å². The van der Waals surface area contributed by atoms with Crippen molar-refractivity contribution in [3.8, 4) is 0 Å². The number of imidazole rings is 1. The minimum atomic E-state index is -3.04. The predicted molar refractivity (Wildman–Crippen MR) is 110 cm³/mol. The molecule has 12 heteroatoms. The molecule has 1 fully saturated rings. The van der Waals surface area contributed by atoms with Crippen molar-refractivity contribution in [2.24, 2.45) is 0 Å². The number of pyridine rings is 1. The van der Waals surface area contributed by atoms with Crippen molar-refractivity contribution in [3.63, 3.8) is 0 Å². The van der Waals surface area contributed by atoms with Gasteiger partial charge in [0.15, 0.2) is 5.69 Å². The summed E-state index contributed by atoms with van der Waals surface area (Å²) in [7, 11) is 0. The molecule has 5 heterocycles. The number of carbonyl (C=O) groups is 1. The lowest BCUT2D eigenvalue weighted by atomic mass is 9.99. The maximum absolute atomic E-state index is 13.7. The number of amides is 1. The molecular formula is C21H17ClF2N6O3. The van der Waals surface area contributed by atoms with Crippen molar-refractivity contribution in [1.29, 1.82) is 0 Å². The quantitative estimate of drug-likeness (QED) is 0.438. The zero-order chi connectivity index (χ0) is 22.9. The van der Waals surface area contributed by atoms with Gasteiger partial charge < -0.3 is 19.4 Å². The van der Waals surface area contributed by atoms with Gasteiger partial charge in [0.25, 0.3) is 12.3 Å². The minimum Gasteiger partial charge on any atom is -0.432 e. The number of carbonyl (C=O) groups excluding carboxylic acids is 1. The van der Waals surface area contributed by atoms with Crippen LogP contribution in [0.5, 0.6) is 0 Å². The number of hydrogen-bond acceptors (Lipinski definition) is 6. The van der Waals surface area contributed by atoms with Crippen molar-refractivity contribution >= 4 is 23.0 Å². The molecule has 2 aliphatic rings. The van der Waals surface area contributed by atoms with E-state index in [4.69, 9.17) is 16.0 Å². The van der Waals surface area contributed by atoms with Gasteiger partial charge in [0, 0.05) is 18.7 Å². The molecule has 0 radical (unpaired) electrons. The van der Waals surface area contributed by atoms with E-state index in [9.17, 15) is 18.7 Å². The van der Waals surface area contributed by atoms with Crippen molar-refractivity contribution in [2.45, 2.75) is 37.3 Å². The van der Waals surface area contributed by atoms with Crippen LogP contribution in [0.25, 0.3) is 5.52 Å². The van der Waals surface area contributed by atoms with Crippen molar-refractivity contribution in [2.75, 3.05) is 6.54 Å². The standard InChI is InChI=1S/C21H17ClF2N6O3/c22-13-3-1-2-10-8-12(28-30(10)13)16-14-11(25-9-26-14)4-7-29(16)19(31)17-15(18(23)24)27-20(33-17)21(32)5-6-21/h1-3,8-9,16,18,32H,4-7H2,(H,25,26)/t16-/m0/s1. The number of aliphatic hydroxyl groups is 1. The van der Waals surface area contributed by atoms with Crippen LogP contribution in [0.15, 0.2) is 35.0 Å². The first-order valence-corrected chi connectivity index (χ1v) is 10.7. The van der Waals surface area contributed by atoms with Gasteiger partial charge in [-0.25, -0.2) is 23.3 Å². The Morgan fingerprint density at radius 3 is 2.91 bits per heavy atom. The highest BCUT2D eigenvalue weighted by atomic mass is 35.5. The van der Waals surface area contributed by atoms with Gasteiger partial charge in [-0.1, -0.05) is 17.7 Å². The molecule has 9 nitrogen and oxygen atoms in total. The molecular weight excluding hydrogens is 458 g/mol. The Balaban J connectivity index is 1.46. The summed E-state index contributed by atoms with van der Waals surface area (Å²) in [4.78, 5) is 26.2. The lowest BCUT2D eigenvalue weighted by Gasteiger charge is -2.33. The number of nitrogens with one attached hydrogen (secondary N) is 1. The van der Waals surface area contributed by atoms with Gasteiger partial charge in [-0.3, -0.25) is 4.79 Å². The third kappa shape index (κ3) is 3.14. The zero-order valence-electron chi connectivity index (χ0n) is 17.0. The highest BCUT2D eigenvalue weighted by molar-refractivity contribution is 6.29. The molecule has 2 N–H and O–H groups in total. The molecule has 1 aliphatic carbocycles. The Bertz CT molecular complexity index is 1390. The lowest BCUT2D eigenvalue weighted by molar-refractivity contribution is 0.0624. The number of rotatable bonds is 4. The summed E-state index contributed by atoms with van der Waals surface area (Å²) >= 11 is 6.26. The number of alkyl halides is 2. The lowest BCUT2D eigenvalue weighted by Crippen LogP contribution is -2.41. The van der Waals surface area contributed by atoms with Gasteiger partial charge in [0.1, 0.15) is 16.8 Å². The smallest absolute Gasteiger partial charge is 0.292 e. The Morgan fingerprint density at radius 2 is 2.18 bits per heavy atom. The molecule has 1 atom stereocenters. The van der Waals surface area contributed by atoms with Crippen LogP contribution < -0.4 is 0 Å². The maximum atomic E-state index is 13.7. The van der Waals surface area contributed by atoms with E-state index in [1.54, 1.807) is 18.2 Å². The second-order valence-corrected chi connectivity index (χ2v) is 8.62. The third-order valence-electron chi connectivity index (χ3n) is 6.10.